The Morgan fingerprint density at radius 3 is 2.50 bits per heavy atom. The summed E-state index contributed by atoms with van der Waals surface area (Å²) in [5.74, 6) is 1.68. The summed E-state index contributed by atoms with van der Waals surface area (Å²) in [6.07, 6.45) is 2.65. The van der Waals surface area contributed by atoms with Gasteiger partial charge in [0.25, 0.3) is 0 Å². The molecule has 1 fully saturated rings. The summed E-state index contributed by atoms with van der Waals surface area (Å²) in [7, 11) is 0. The number of aromatic nitrogens is 2. The maximum absolute atomic E-state index is 5.34. The summed E-state index contributed by atoms with van der Waals surface area (Å²) < 4.78 is 6.24. The standard InChI is InChI=1S/C13H22BrN5O/c1-2-3-15-12-11(14)13(18-10-17-12)16-4-5-19-6-8-20-9-7-19/h10H,2-9H2,1H3,(H2,15,16,17,18). The van der Waals surface area contributed by atoms with Crippen LogP contribution in [0.2, 0.25) is 0 Å². The second kappa shape index (κ2) is 8.39. The normalized spacial score (nSPS) is 16.1. The van der Waals surface area contributed by atoms with Crippen molar-refractivity contribution in [3.8, 4) is 0 Å². The summed E-state index contributed by atoms with van der Waals surface area (Å²) in [6, 6.07) is 0. The minimum absolute atomic E-state index is 0.836. The van der Waals surface area contributed by atoms with Gasteiger partial charge in [0.1, 0.15) is 22.4 Å². The Hall–Kier alpha value is -0.920. The average molecular weight is 344 g/mol. The predicted octanol–water partition coefficient (Wildman–Crippen LogP) is 1.81. The van der Waals surface area contributed by atoms with E-state index < -0.39 is 0 Å². The molecule has 0 radical (unpaired) electrons. The van der Waals surface area contributed by atoms with E-state index in [0.29, 0.717) is 0 Å². The molecule has 0 unspecified atom stereocenters. The van der Waals surface area contributed by atoms with Crippen LogP contribution >= 0.6 is 15.9 Å². The van der Waals surface area contributed by atoms with Gasteiger partial charge < -0.3 is 15.4 Å². The van der Waals surface area contributed by atoms with Crippen LogP contribution in [-0.2, 0) is 4.74 Å². The number of halogens is 1. The van der Waals surface area contributed by atoms with Crippen LogP contribution in [-0.4, -0.2) is 60.8 Å². The molecule has 2 N–H and O–H groups in total. The smallest absolute Gasteiger partial charge is 0.145 e. The van der Waals surface area contributed by atoms with Gasteiger partial charge >= 0.3 is 0 Å². The third-order valence-electron chi connectivity index (χ3n) is 3.16. The highest BCUT2D eigenvalue weighted by Crippen LogP contribution is 2.26. The van der Waals surface area contributed by atoms with Gasteiger partial charge in [-0.1, -0.05) is 6.92 Å². The number of anilines is 2. The molecule has 112 valence electrons. The van der Waals surface area contributed by atoms with E-state index in [0.717, 1.165) is 68.5 Å². The number of ether oxygens (including phenoxy) is 1. The molecule has 0 spiro atoms. The minimum Gasteiger partial charge on any atom is -0.379 e. The van der Waals surface area contributed by atoms with Crippen molar-refractivity contribution < 1.29 is 4.74 Å². The van der Waals surface area contributed by atoms with Gasteiger partial charge in [-0.15, -0.1) is 0 Å². The molecular formula is C13H22BrN5O. The second-order valence-corrected chi connectivity index (χ2v) is 5.49. The second-order valence-electron chi connectivity index (χ2n) is 4.69. The molecule has 0 atom stereocenters. The van der Waals surface area contributed by atoms with E-state index >= 15 is 0 Å². The quantitative estimate of drug-likeness (QED) is 0.787. The summed E-state index contributed by atoms with van der Waals surface area (Å²) in [5, 5.41) is 6.63. The van der Waals surface area contributed by atoms with Crippen molar-refractivity contribution in [2.24, 2.45) is 0 Å². The lowest BCUT2D eigenvalue weighted by Gasteiger charge is -2.26. The Morgan fingerprint density at radius 2 is 1.85 bits per heavy atom. The Balaban J connectivity index is 1.82. The van der Waals surface area contributed by atoms with Gasteiger partial charge in [0.05, 0.1) is 13.2 Å². The van der Waals surface area contributed by atoms with Gasteiger partial charge in [-0.05, 0) is 22.4 Å². The summed E-state index contributed by atoms with van der Waals surface area (Å²) in [5.41, 5.74) is 0. The monoisotopic (exact) mass is 343 g/mol. The van der Waals surface area contributed by atoms with Crippen molar-refractivity contribution in [1.29, 1.82) is 0 Å². The molecule has 20 heavy (non-hydrogen) atoms. The molecule has 1 aromatic rings. The fourth-order valence-corrected chi connectivity index (χ4v) is 2.50. The third kappa shape index (κ3) is 4.57. The third-order valence-corrected chi connectivity index (χ3v) is 3.91. The van der Waals surface area contributed by atoms with Crippen LogP contribution in [0.15, 0.2) is 10.8 Å². The molecule has 1 saturated heterocycles. The van der Waals surface area contributed by atoms with E-state index in [1.807, 2.05) is 0 Å². The lowest BCUT2D eigenvalue weighted by Crippen LogP contribution is -2.39. The fraction of sp³-hybridized carbons (Fsp3) is 0.692. The van der Waals surface area contributed by atoms with Crippen LogP contribution in [0.1, 0.15) is 13.3 Å². The minimum atomic E-state index is 0.836. The van der Waals surface area contributed by atoms with Crippen molar-refractivity contribution in [2.45, 2.75) is 13.3 Å². The van der Waals surface area contributed by atoms with Crippen LogP contribution in [0.3, 0.4) is 0 Å². The molecule has 0 aromatic carbocycles. The van der Waals surface area contributed by atoms with Crippen molar-refractivity contribution in [2.75, 3.05) is 56.6 Å². The van der Waals surface area contributed by atoms with Crippen LogP contribution in [0.4, 0.5) is 11.6 Å². The number of nitrogens with one attached hydrogen (secondary N) is 2. The Morgan fingerprint density at radius 1 is 1.20 bits per heavy atom. The number of hydrogen-bond donors (Lipinski definition) is 2. The van der Waals surface area contributed by atoms with Crippen LogP contribution in [0, 0.1) is 0 Å². The maximum atomic E-state index is 5.34. The SMILES string of the molecule is CCCNc1ncnc(NCCN2CCOCC2)c1Br. The topological polar surface area (TPSA) is 62.3 Å². The van der Waals surface area contributed by atoms with Crippen molar-refractivity contribution in [3.63, 3.8) is 0 Å². The van der Waals surface area contributed by atoms with Gasteiger partial charge in [0, 0.05) is 32.7 Å². The molecule has 0 saturated carbocycles. The fourth-order valence-electron chi connectivity index (χ4n) is 2.02. The molecule has 1 aromatic heterocycles. The molecule has 2 heterocycles. The zero-order chi connectivity index (χ0) is 14.2. The van der Waals surface area contributed by atoms with Crippen LogP contribution in [0.25, 0.3) is 0 Å². The van der Waals surface area contributed by atoms with E-state index in [-0.39, 0.29) is 0 Å². The number of nitrogens with zero attached hydrogens (tertiary/aromatic N) is 3. The Bertz CT molecular complexity index is 412. The van der Waals surface area contributed by atoms with Gasteiger partial charge in [-0.2, -0.15) is 0 Å². The molecule has 1 aliphatic heterocycles. The van der Waals surface area contributed by atoms with Gasteiger partial charge in [-0.25, -0.2) is 9.97 Å². The van der Waals surface area contributed by atoms with E-state index in [1.54, 1.807) is 6.33 Å². The highest BCUT2D eigenvalue weighted by Gasteiger charge is 2.11. The molecule has 7 heteroatoms. The zero-order valence-corrected chi connectivity index (χ0v) is 13.4. The van der Waals surface area contributed by atoms with Gasteiger partial charge in [-0.3, -0.25) is 4.90 Å². The van der Waals surface area contributed by atoms with E-state index in [4.69, 9.17) is 4.74 Å². The molecule has 1 aliphatic rings. The summed E-state index contributed by atoms with van der Waals surface area (Å²) in [4.78, 5) is 10.9. The van der Waals surface area contributed by atoms with E-state index in [2.05, 4.69) is 48.4 Å². The largest absolute Gasteiger partial charge is 0.379 e. The lowest BCUT2D eigenvalue weighted by atomic mass is 10.4. The molecule has 0 bridgehead atoms. The zero-order valence-electron chi connectivity index (χ0n) is 11.9. The first-order valence-electron chi connectivity index (χ1n) is 7.09. The Labute approximate surface area is 128 Å². The average Bonchev–Trinajstić information content (AvgIpc) is 2.49. The van der Waals surface area contributed by atoms with Gasteiger partial charge in [0.2, 0.25) is 0 Å². The van der Waals surface area contributed by atoms with Crippen molar-refractivity contribution >= 4 is 27.6 Å². The van der Waals surface area contributed by atoms with Gasteiger partial charge in [0.15, 0.2) is 0 Å². The first-order chi connectivity index (χ1) is 9.81. The molecule has 0 amide bonds. The number of rotatable bonds is 7. The van der Waals surface area contributed by atoms with Crippen LogP contribution in [0.5, 0.6) is 0 Å². The van der Waals surface area contributed by atoms with Crippen LogP contribution < -0.4 is 10.6 Å². The first-order valence-corrected chi connectivity index (χ1v) is 7.89. The highest BCUT2D eigenvalue weighted by molar-refractivity contribution is 9.10. The molecule has 2 rings (SSSR count). The summed E-state index contributed by atoms with van der Waals surface area (Å²) >= 11 is 3.55. The molecular weight excluding hydrogens is 322 g/mol. The van der Waals surface area contributed by atoms with Crippen molar-refractivity contribution in [3.05, 3.63) is 10.8 Å². The van der Waals surface area contributed by atoms with E-state index in [9.17, 15) is 0 Å². The number of hydrogen-bond acceptors (Lipinski definition) is 6. The lowest BCUT2D eigenvalue weighted by molar-refractivity contribution is 0.0398. The Kier molecular flexibility index (Phi) is 6.49. The highest BCUT2D eigenvalue weighted by atomic mass is 79.9. The number of morpholine rings is 1. The molecule has 6 nitrogen and oxygen atoms in total. The maximum Gasteiger partial charge on any atom is 0.145 e. The first kappa shape index (κ1) is 15.5. The van der Waals surface area contributed by atoms with Crippen molar-refractivity contribution in [1.82, 2.24) is 14.9 Å². The summed E-state index contributed by atoms with van der Waals surface area (Å²) in [6.45, 7) is 8.59. The van der Waals surface area contributed by atoms with E-state index in [1.165, 1.54) is 0 Å². The predicted molar refractivity (Wildman–Crippen MR) is 84.3 cm³/mol. The molecule has 0 aliphatic carbocycles.